The van der Waals surface area contributed by atoms with Crippen LogP contribution in [0.15, 0.2) is 12.1 Å². The lowest BCUT2D eigenvalue weighted by atomic mass is 10.2. The molecule has 1 rings (SSSR count). The lowest BCUT2D eigenvalue weighted by molar-refractivity contribution is 0.0337. The van der Waals surface area contributed by atoms with Gasteiger partial charge in [-0.3, -0.25) is 0 Å². The van der Waals surface area contributed by atoms with Gasteiger partial charge in [-0.2, -0.15) is 0 Å². The van der Waals surface area contributed by atoms with Gasteiger partial charge in [-0.25, -0.2) is 14.5 Å². The third-order valence-electron chi connectivity index (χ3n) is 2.53. The zero-order chi connectivity index (χ0) is 17.8. The maximum absolute atomic E-state index is 12.2. The molecule has 0 atom stereocenters. The quantitative estimate of drug-likeness (QED) is 0.418. The van der Waals surface area contributed by atoms with Gasteiger partial charge in [0.15, 0.2) is 17.2 Å². The van der Waals surface area contributed by atoms with Crippen LogP contribution in [0.3, 0.4) is 0 Å². The molecule has 0 saturated heterocycles. The largest absolute Gasteiger partial charge is 0.504 e. The first kappa shape index (κ1) is 18.4. The number of aromatic hydroxyl groups is 3. The van der Waals surface area contributed by atoms with E-state index in [-0.39, 0.29) is 18.8 Å². The third-order valence-corrected chi connectivity index (χ3v) is 2.53. The molecule has 0 heterocycles. The highest BCUT2D eigenvalue weighted by Gasteiger charge is 2.27. The van der Waals surface area contributed by atoms with Gasteiger partial charge in [-0.1, -0.05) is 0 Å². The standard InChI is InChI=1S/C14H21N3O6/c1-14(2,3)23-13(22)17(5-4-15)12(21)16-8-6-9(18)11(20)10(19)7-8/h6-7,18-20H,4-5,15H2,1-3H3,(H,16,21). The van der Waals surface area contributed by atoms with Crippen molar-refractivity contribution in [1.29, 1.82) is 0 Å². The van der Waals surface area contributed by atoms with E-state index >= 15 is 0 Å². The number of hydrogen-bond donors (Lipinski definition) is 5. The predicted octanol–water partition coefficient (Wildman–Crippen LogP) is 1.53. The van der Waals surface area contributed by atoms with Gasteiger partial charge in [0.25, 0.3) is 0 Å². The zero-order valence-electron chi connectivity index (χ0n) is 13.2. The fraction of sp³-hybridized carbons (Fsp3) is 0.429. The highest BCUT2D eigenvalue weighted by Crippen LogP contribution is 2.37. The molecule has 0 aliphatic carbocycles. The van der Waals surface area contributed by atoms with Gasteiger partial charge in [0.1, 0.15) is 5.60 Å². The van der Waals surface area contributed by atoms with Gasteiger partial charge in [0, 0.05) is 25.2 Å². The van der Waals surface area contributed by atoms with Gasteiger partial charge < -0.3 is 31.1 Å². The second-order valence-electron chi connectivity index (χ2n) is 5.71. The smallest absolute Gasteiger partial charge is 0.418 e. The maximum Gasteiger partial charge on any atom is 0.418 e. The first-order valence-electron chi connectivity index (χ1n) is 6.81. The Morgan fingerprint density at radius 1 is 1.22 bits per heavy atom. The summed E-state index contributed by atoms with van der Waals surface area (Å²) in [5.74, 6) is -1.96. The van der Waals surface area contributed by atoms with E-state index in [1.54, 1.807) is 20.8 Å². The second kappa shape index (κ2) is 7.05. The molecule has 1 aromatic rings. The molecule has 0 saturated carbocycles. The van der Waals surface area contributed by atoms with Gasteiger partial charge in [-0.15, -0.1) is 0 Å². The minimum atomic E-state index is -0.882. The summed E-state index contributed by atoms with van der Waals surface area (Å²) in [5, 5.41) is 30.4. The molecule has 1 aromatic carbocycles. The van der Waals surface area contributed by atoms with Crippen molar-refractivity contribution in [2.24, 2.45) is 5.73 Å². The van der Waals surface area contributed by atoms with Crippen LogP contribution in [0.4, 0.5) is 15.3 Å². The monoisotopic (exact) mass is 327 g/mol. The first-order valence-corrected chi connectivity index (χ1v) is 6.81. The number of carbonyl (C=O) groups is 2. The van der Waals surface area contributed by atoms with Crippen LogP contribution in [0.25, 0.3) is 0 Å². The molecule has 0 aliphatic heterocycles. The second-order valence-corrected chi connectivity index (χ2v) is 5.71. The van der Waals surface area contributed by atoms with Crippen LogP contribution in [0.1, 0.15) is 20.8 Å². The number of nitrogens with zero attached hydrogens (tertiary/aromatic N) is 1. The van der Waals surface area contributed by atoms with Gasteiger partial charge in [0.05, 0.1) is 5.69 Å². The molecule has 0 aromatic heterocycles. The Bertz CT molecular complexity index is 574. The van der Waals surface area contributed by atoms with E-state index in [1.807, 2.05) is 0 Å². The van der Waals surface area contributed by atoms with Crippen molar-refractivity contribution in [3.8, 4) is 17.2 Å². The normalized spacial score (nSPS) is 11.0. The number of nitrogens with two attached hydrogens (primary N) is 1. The Morgan fingerprint density at radius 2 is 1.74 bits per heavy atom. The van der Waals surface area contributed by atoms with Crippen LogP contribution in [-0.4, -0.2) is 51.0 Å². The molecular formula is C14H21N3O6. The number of imide groups is 1. The molecule has 0 spiro atoms. The molecule has 128 valence electrons. The summed E-state index contributed by atoms with van der Waals surface area (Å²) in [7, 11) is 0. The summed E-state index contributed by atoms with van der Waals surface area (Å²) in [6.07, 6.45) is -0.882. The van der Waals surface area contributed by atoms with Crippen molar-refractivity contribution < 1.29 is 29.6 Å². The Labute approximate surface area is 133 Å². The van der Waals surface area contributed by atoms with E-state index in [0.29, 0.717) is 0 Å². The number of urea groups is 1. The summed E-state index contributed by atoms with van der Waals surface area (Å²) < 4.78 is 5.11. The van der Waals surface area contributed by atoms with Crippen molar-refractivity contribution >= 4 is 17.8 Å². The van der Waals surface area contributed by atoms with E-state index in [9.17, 15) is 24.9 Å². The van der Waals surface area contributed by atoms with Crippen molar-refractivity contribution in [2.45, 2.75) is 26.4 Å². The topological polar surface area (TPSA) is 145 Å². The molecule has 0 radical (unpaired) electrons. The number of ether oxygens (including phenoxy) is 1. The molecule has 0 bridgehead atoms. The molecule has 0 fully saturated rings. The minimum Gasteiger partial charge on any atom is -0.504 e. The first-order chi connectivity index (χ1) is 10.5. The van der Waals surface area contributed by atoms with Crippen LogP contribution in [0.2, 0.25) is 0 Å². The number of hydrogen-bond acceptors (Lipinski definition) is 7. The van der Waals surface area contributed by atoms with E-state index < -0.39 is 35.0 Å². The summed E-state index contributed by atoms with van der Waals surface area (Å²) in [6.45, 7) is 4.90. The summed E-state index contributed by atoms with van der Waals surface area (Å²) in [6, 6.07) is 1.18. The maximum atomic E-state index is 12.2. The van der Waals surface area contributed by atoms with Gasteiger partial charge in [0.2, 0.25) is 0 Å². The van der Waals surface area contributed by atoms with E-state index in [2.05, 4.69) is 5.32 Å². The fourth-order valence-corrected chi connectivity index (χ4v) is 1.59. The van der Waals surface area contributed by atoms with Crippen LogP contribution in [-0.2, 0) is 4.74 Å². The van der Waals surface area contributed by atoms with Crippen LogP contribution in [0, 0.1) is 0 Å². The lowest BCUT2D eigenvalue weighted by Crippen LogP contribution is -2.45. The van der Waals surface area contributed by atoms with Crippen LogP contribution in [0.5, 0.6) is 17.2 Å². The number of rotatable bonds is 3. The average Bonchev–Trinajstić information content (AvgIpc) is 2.39. The van der Waals surface area contributed by atoms with Crippen molar-refractivity contribution in [3.63, 3.8) is 0 Å². The van der Waals surface area contributed by atoms with E-state index in [1.165, 1.54) is 0 Å². The van der Waals surface area contributed by atoms with Crippen molar-refractivity contribution in [3.05, 3.63) is 12.1 Å². The Balaban J connectivity index is 2.92. The Morgan fingerprint density at radius 3 is 2.17 bits per heavy atom. The number of phenols is 3. The average molecular weight is 327 g/mol. The number of nitrogens with one attached hydrogen (secondary N) is 1. The number of benzene rings is 1. The number of carbonyl (C=O) groups excluding carboxylic acids is 2. The highest BCUT2D eigenvalue weighted by molar-refractivity contribution is 5.99. The molecule has 23 heavy (non-hydrogen) atoms. The van der Waals surface area contributed by atoms with Crippen LogP contribution >= 0.6 is 0 Å². The third kappa shape index (κ3) is 5.22. The van der Waals surface area contributed by atoms with Gasteiger partial charge >= 0.3 is 12.1 Å². The minimum absolute atomic E-state index is 0.0200. The van der Waals surface area contributed by atoms with E-state index in [0.717, 1.165) is 17.0 Å². The van der Waals surface area contributed by atoms with E-state index in [4.69, 9.17) is 10.5 Å². The van der Waals surface area contributed by atoms with Crippen molar-refractivity contribution in [1.82, 2.24) is 4.90 Å². The summed E-state index contributed by atoms with van der Waals surface area (Å²) in [4.78, 5) is 24.9. The predicted molar refractivity (Wildman–Crippen MR) is 82.4 cm³/mol. The van der Waals surface area contributed by atoms with Gasteiger partial charge in [-0.05, 0) is 20.8 Å². The lowest BCUT2D eigenvalue weighted by Gasteiger charge is -2.26. The number of anilines is 1. The summed E-state index contributed by atoms with van der Waals surface area (Å²) >= 11 is 0. The SMILES string of the molecule is CC(C)(C)OC(=O)N(CCN)C(=O)Nc1cc(O)c(O)c(O)c1. The zero-order valence-corrected chi connectivity index (χ0v) is 13.2. The number of amides is 3. The molecular weight excluding hydrogens is 306 g/mol. The molecule has 6 N–H and O–H groups in total. The molecule has 3 amide bonds. The number of phenolic OH excluding ortho intramolecular Hbond substituents is 3. The molecule has 0 aliphatic rings. The highest BCUT2D eigenvalue weighted by atomic mass is 16.6. The van der Waals surface area contributed by atoms with Crippen LogP contribution < -0.4 is 11.1 Å². The Kier molecular flexibility index (Phi) is 5.63. The summed E-state index contributed by atoms with van der Waals surface area (Å²) in [5.41, 5.74) is 4.58. The Hall–Kier alpha value is -2.68. The molecule has 0 unspecified atom stereocenters. The molecule has 9 heteroatoms. The van der Waals surface area contributed by atoms with Crippen molar-refractivity contribution in [2.75, 3.05) is 18.4 Å². The fourth-order valence-electron chi connectivity index (χ4n) is 1.59. The molecule has 9 nitrogen and oxygen atoms in total.